The van der Waals surface area contributed by atoms with Crippen LogP contribution in [0.4, 0.5) is 5.13 Å². The number of aryl methyl sites for hydroxylation is 1. The summed E-state index contributed by atoms with van der Waals surface area (Å²) in [7, 11) is -4.24. The van der Waals surface area contributed by atoms with Crippen LogP contribution in [0, 0.1) is 6.92 Å². The fourth-order valence-electron chi connectivity index (χ4n) is 2.15. The van der Waals surface area contributed by atoms with Gasteiger partial charge in [-0.2, -0.15) is 17.9 Å². The zero-order chi connectivity index (χ0) is 18.2. The summed E-state index contributed by atoms with van der Waals surface area (Å²) < 4.78 is 30.4. The Kier molecular flexibility index (Phi) is 4.90. The molecule has 132 valence electrons. The molecule has 1 aliphatic rings. The minimum absolute atomic E-state index is 0.293. The van der Waals surface area contributed by atoms with E-state index < -0.39 is 39.8 Å². The number of hydrogen-bond donors (Lipinski definition) is 1. The third kappa shape index (κ3) is 3.11. The molecule has 1 N–H and O–H groups in total. The van der Waals surface area contributed by atoms with Crippen molar-refractivity contribution in [1.29, 1.82) is 0 Å². The molecule has 2 rings (SSSR count). The lowest BCUT2D eigenvalue weighted by atomic mass is 10.2. The fraction of sp³-hybridized carbons (Fsp3) is 0.583. The van der Waals surface area contributed by atoms with Crippen molar-refractivity contribution in [3.63, 3.8) is 0 Å². The van der Waals surface area contributed by atoms with Crippen LogP contribution in [-0.2, 0) is 19.8 Å². The van der Waals surface area contributed by atoms with Gasteiger partial charge < -0.3 is 0 Å². The number of aromatic nitrogens is 2. The lowest BCUT2D eigenvalue weighted by Gasteiger charge is -2.38. The third-order valence-corrected chi connectivity index (χ3v) is 5.91. The van der Waals surface area contributed by atoms with Crippen molar-refractivity contribution in [2.45, 2.75) is 46.7 Å². The van der Waals surface area contributed by atoms with Crippen LogP contribution in [0.2, 0.25) is 0 Å². The van der Waals surface area contributed by atoms with Crippen LogP contribution in [0.25, 0.3) is 0 Å². The molecule has 0 unspecified atom stereocenters. The highest BCUT2D eigenvalue weighted by atomic mass is 32.2. The van der Waals surface area contributed by atoms with Gasteiger partial charge in [0.15, 0.2) is 0 Å². The molecule has 1 aromatic rings. The van der Waals surface area contributed by atoms with Gasteiger partial charge in [-0.3, -0.25) is 15.0 Å². The zero-order valence-corrected chi connectivity index (χ0v) is 15.5. The van der Waals surface area contributed by atoms with E-state index in [-0.39, 0.29) is 0 Å². The van der Waals surface area contributed by atoms with Gasteiger partial charge in [0.05, 0.1) is 0 Å². The lowest BCUT2D eigenvalue weighted by Crippen LogP contribution is -2.63. The second kappa shape index (κ2) is 6.43. The number of hydrazone groups is 1. The molecule has 0 saturated carbocycles. The molecule has 0 bridgehead atoms. The molecule has 1 aliphatic heterocycles. The average Bonchev–Trinajstić information content (AvgIpc) is 2.82. The van der Waals surface area contributed by atoms with Crippen LogP contribution in [0.1, 0.15) is 33.5 Å². The first-order valence-corrected chi connectivity index (χ1v) is 9.30. The number of carbonyl (C=O) groups excluding carboxylic acids is 2. The number of anilines is 1. The Morgan fingerprint density at radius 1 is 1.08 bits per heavy atom. The number of nitrogens with zero attached hydrogens (tertiary/aromatic N) is 5. The topological polar surface area (TPSA) is 125 Å². The Morgan fingerprint density at radius 3 is 1.96 bits per heavy atom. The van der Waals surface area contributed by atoms with Gasteiger partial charge in [0.2, 0.25) is 10.8 Å². The van der Waals surface area contributed by atoms with Crippen LogP contribution in [-0.4, -0.2) is 56.0 Å². The van der Waals surface area contributed by atoms with E-state index in [2.05, 4.69) is 19.9 Å². The average molecular weight is 374 g/mol. The van der Waals surface area contributed by atoms with Gasteiger partial charge in [0.1, 0.15) is 5.82 Å². The van der Waals surface area contributed by atoms with Crippen molar-refractivity contribution >= 4 is 44.4 Å². The summed E-state index contributed by atoms with van der Waals surface area (Å²) >= 11 is 1.01. The highest BCUT2D eigenvalue weighted by Gasteiger charge is 2.50. The Bertz CT molecular complexity index is 762. The van der Waals surface area contributed by atoms with Gasteiger partial charge in [-0.15, -0.1) is 0 Å². The van der Waals surface area contributed by atoms with E-state index in [0.29, 0.717) is 19.6 Å². The van der Waals surface area contributed by atoms with E-state index in [9.17, 15) is 18.0 Å². The van der Waals surface area contributed by atoms with Crippen molar-refractivity contribution < 1.29 is 18.0 Å². The Balaban J connectivity index is 2.47. The summed E-state index contributed by atoms with van der Waals surface area (Å²) in [5.41, 5.74) is 1.97. The molecule has 0 aromatic carbocycles. The Hall–Kier alpha value is -2.08. The van der Waals surface area contributed by atoms with E-state index in [1.54, 1.807) is 34.6 Å². The Labute approximate surface area is 143 Å². The molecule has 0 aliphatic carbocycles. The molecular formula is C12H18N6O4S2. The number of nitrogens with one attached hydrogen (secondary N) is 1. The van der Waals surface area contributed by atoms with Crippen LogP contribution in [0.3, 0.4) is 0 Å². The highest BCUT2D eigenvalue weighted by molar-refractivity contribution is 7.88. The van der Waals surface area contributed by atoms with Crippen LogP contribution < -0.4 is 5.43 Å². The maximum atomic E-state index is 12.6. The summed E-state index contributed by atoms with van der Waals surface area (Å²) in [5.74, 6) is -1.43. The summed E-state index contributed by atoms with van der Waals surface area (Å²) in [6.45, 7) is 7.86. The summed E-state index contributed by atoms with van der Waals surface area (Å²) in [5, 5.41) is 4.08. The standard InChI is InChI=1S/C12H18N6O4S2/c1-6(2)17-10(19)9(14-15-12-13-8(5)16-23-12)11(20)18(7(3)4)24(17,21)22/h6-7H,1-5H3,(H,13,15,16). The molecule has 2 heterocycles. The van der Waals surface area contributed by atoms with Gasteiger partial charge in [0, 0.05) is 23.6 Å². The molecule has 1 saturated heterocycles. The molecule has 1 aromatic heterocycles. The lowest BCUT2D eigenvalue weighted by molar-refractivity contribution is -0.128. The van der Waals surface area contributed by atoms with Crippen LogP contribution >= 0.6 is 11.5 Å². The molecule has 12 heteroatoms. The van der Waals surface area contributed by atoms with E-state index in [1.165, 1.54) is 0 Å². The molecular weight excluding hydrogens is 356 g/mol. The fourth-order valence-corrected chi connectivity index (χ4v) is 4.51. The maximum Gasteiger partial charge on any atom is 0.331 e. The molecule has 0 atom stereocenters. The first-order valence-electron chi connectivity index (χ1n) is 7.13. The smallest absolute Gasteiger partial charge is 0.266 e. The molecule has 0 spiro atoms. The molecule has 10 nitrogen and oxygen atoms in total. The number of carbonyl (C=O) groups is 2. The number of amides is 2. The summed E-state index contributed by atoms with van der Waals surface area (Å²) in [6, 6.07) is -1.32. The quantitative estimate of drug-likeness (QED) is 0.754. The Morgan fingerprint density at radius 2 is 1.58 bits per heavy atom. The normalized spacial score (nSPS) is 17.9. The predicted octanol–water partition coefficient (Wildman–Crippen LogP) is 0.347. The number of rotatable bonds is 4. The van der Waals surface area contributed by atoms with Crippen LogP contribution in [0.5, 0.6) is 0 Å². The molecule has 2 amide bonds. The summed E-state index contributed by atoms with van der Waals surface area (Å²) in [4.78, 5) is 29.0. The van der Waals surface area contributed by atoms with Gasteiger partial charge in [-0.1, -0.05) is 0 Å². The first kappa shape index (κ1) is 18.3. The minimum atomic E-state index is -4.24. The molecule has 24 heavy (non-hydrogen) atoms. The van der Waals surface area contributed by atoms with Crippen molar-refractivity contribution in [3.05, 3.63) is 5.82 Å². The zero-order valence-electron chi connectivity index (χ0n) is 13.8. The van der Waals surface area contributed by atoms with Crippen molar-refractivity contribution in [2.75, 3.05) is 5.43 Å². The predicted molar refractivity (Wildman–Crippen MR) is 88.6 cm³/mol. The van der Waals surface area contributed by atoms with Gasteiger partial charge in [-0.05, 0) is 34.6 Å². The molecule has 0 radical (unpaired) electrons. The van der Waals surface area contributed by atoms with E-state index in [0.717, 1.165) is 11.5 Å². The van der Waals surface area contributed by atoms with Crippen LogP contribution in [0.15, 0.2) is 5.10 Å². The largest absolute Gasteiger partial charge is 0.331 e. The highest BCUT2D eigenvalue weighted by Crippen LogP contribution is 2.23. The number of hydrogen-bond acceptors (Lipinski definition) is 9. The minimum Gasteiger partial charge on any atom is -0.266 e. The maximum absolute atomic E-state index is 12.6. The monoisotopic (exact) mass is 374 g/mol. The second-order valence-corrected chi connectivity index (χ2v) is 8.05. The molecule has 1 fully saturated rings. The summed E-state index contributed by atoms with van der Waals surface area (Å²) in [6.07, 6.45) is 0. The first-order chi connectivity index (χ1) is 11.1. The van der Waals surface area contributed by atoms with E-state index in [1.807, 2.05) is 0 Å². The SMILES string of the molecule is Cc1nsc(NN=C2C(=O)N(C(C)C)S(=O)(=O)N(C(C)C)C2=O)n1. The van der Waals surface area contributed by atoms with Gasteiger partial charge in [-0.25, -0.2) is 13.6 Å². The van der Waals surface area contributed by atoms with Crippen molar-refractivity contribution in [2.24, 2.45) is 5.10 Å². The van der Waals surface area contributed by atoms with E-state index >= 15 is 0 Å². The van der Waals surface area contributed by atoms with Crippen molar-refractivity contribution in [1.82, 2.24) is 18.0 Å². The second-order valence-electron chi connectivity index (χ2n) is 5.62. The third-order valence-electron chi connectivity index (χ3n) is 3.03. The van der Waals surface area contributed by atoms with Gasteiger partial charge in [0.25, 0.3) is 11.8 Å². The van der Waals surface area contributed by atoms with Gasteiger partial charge >= 0.3 is 10.2 Å². The van der Waals surface area contributed by atoms with E-state index in [4.69, 9.17) is 0 Å². The van der Waals surface area contributed by atoms with Crippen molar-refractivity contribution in [3.8, 4) is 0 Å².